The number of hydrogen-bond acceptors (Lipinski definition) is 2. The maximum atomic E-state index is 13.0. The predicted octanol–water partition coefficient (Wildman–Crippen LogP) is 4.33. The molecule has 0 spiro atoms. The molecule has 0 fully saturated rings. The first kappa shape index (κ1) is 16.8. The van der Waals surface area contributed by atoms with E-state index < -0.39 is 11.7 Å². The summed E-state index contributed by atoms with van der Waals surface area (Å²) in [6.45, 7) is 4.04. The fourth-order valence-electron chi connectivity index (χ4n) is 2.05. The third kappa shape index (κ3) is 4.37. The summed E-state index contributed by atoms with van der Waals surface area (Å²) < 4.78 is 39.0. The molecule has 0 aliphatic heterocycles. The first-order valence-corrected chi connectivity index (χ1v) is 6.98. The molecule has 0 radical (unpaired) electrons. The van der Waals surface area contributed by atoms with Gasteiger partial charge < -0.3 is 11.1 Å². The lowest BCUT2D eigenvalue weighted by Crippen LogP contribution is -2.21. The fraction of sp³-hybridized carbons (Fsp3) is 0.500. The summed E-state index contributed by atoms with van der Waals surface area (Å²) in [5, 5.41) is 3.12. The number of anilines is 1. The van der Waals surface area contributed by atoms with Crippen LogP contribution in [0.15, 0.2) is 18.2 Å². The Kier molecular flexibility index (Phi) is 5.80. The Morgan fingerprint density at radius 2 is 2.00 bits per heavy atom. The van der Waals surface area contributed by atoms with Gasteiger partial charge in [-0.2, -0.15) is 13.2 Å². The maximum absolute atomic E-state index is 13.0. The van der Waals surface area contributed by atoms with Gasteiger partial charge in [0.25, 0.3) is 0 Å². The van der Waals surface area contributed by atoms with Gasteiger partial charge in [-0.3, -0.25) is 0 Å². The number of nitrogens with one attached hydrogen (secondary N) is 1. The van der Waals surface area contributed by atoms with E-state index in [4.69, 9.17) is 5.73 Å². The van der Waals surface area contributed by atoms with Gasteiger partial charge in [-0.25, -0.2) is 0 Å². The summed E-state index contributed by atoms with van der Waals surface area (Å²) in [6, 6.07) is 4.15. The van der Waals surface area contributed by atoms with E-state index in [2.05, 4.69) is 17.5 Å². The Morgan fingerprint density at radius 3 is 2.45 bits per heavy atom. The Balaban J connectivity index is 3.10. The molecule has 112 valence electrons. The second kappa shape index (κ2) is 6.92. The van der Waals surface area contributed by atoms with E-state index in [0.717, 1.165) is 25.3 Å². The van der Waals surface area contributed by atoms with Gasteiger partial charge in [0.05, 0.1) is 5.56 Å². The zero-order chi connectivity index (χ0) is 15.3. The topological polar surface area (TPSA) is 38.0 Å². The van der Waals surface area contributed by atoms with Gasteiger partial charge in [0, 0.05) is 17.3 Å². The van der Waals surface area contributed by atoms with Crippen molar-refractivity contribution in [1.29, 1.82) is 0 Å². The van der Waals surface area contributed by atoms with Crippen LogP contribution in [-0.2, 0) is 6.18 Å². The molecule has 6 heteroatoms. The molecule has 0 heterocycles. The minimum absolute atomic E-state index is 0.137. The smallest absolute Gasteiger partial charge is 0.389 e. The van der Waals surface area contributed by atoms with E-state index in [1.807, 2.05) is 13.8 Å². The number of rotatable bonds is 6. The Hall–Kier alpha value is -1.30. The first-order valence-electron chi connectivity index (χ1n) is 6.57. The average Bonchev–Trinajstić information content (AvgIpc) is 2.36. The minimum Gasteiger partial charge on any atom is -0.389 e. The van der Waals surface area contributed by atoms with Crippen molar-refractivity contribution in [3.63, 3.8) is 0 Å². The van der Waals surface area contributed by atoms with Crippen LogP contribution in [0.1, 0.15) is 44.2 Å². The van der Waals surface area contributed by atoms with Gasteiger partial charge in [-0.15, -0.1) is 0 Å². The normalized spacial score (nSPS) is 13.1. The van der Waals surface area contributed by atoms with Crippen LogP contribution in [0, 0.1) is 0 Å². The van der Waals surface area contributed by atoms with E-state index in [0.29, 0.717) is 5.69 Å². The summed E-state index contributed by atoms with van der Waals surface area (Å²) >= 11 is 4.67. The highest BCUT2D eigenvalue weighted by molar-refractivity contribution is 7.80. The molecule has 1 aromatic rings. The molecule has 2 nitrogen and oxygen atoms in total. The van der Waals surface area contributed by atoms with E-state index in [1.165, 1.54) is 6.07 Å². The van der Waals surface area contributed by atoms with Crippen LogP contribution in [0.4, 0.5) is 18.9 Å². The highest BCUT2D eigenvalue weighted by Crippen LogP contribution is 2.34. The molecule has 20 heavy (non-hydrogen) atoms. The lowest BCUT2D eigenvalue weighted by Gasteiger charge is -2.20. The Morgan fingerprint density at radius 1 is 1.35 bits per heavy atom. The molecule has 1 unspecified atom stereocenters. The van der Waals surface area contributed by atoms with E-state index in [9.17, 15) is 13.2 Å². The second-order valence-electron chi connectivity index (χ2n) is 4.66. The van der Waals surface area contributed by atoms with Crippen molar-refractivity contribution < 1.29 is 13.2 Å². The van der Waals surface area contributed by atoms with Gasteiger partial charge in [-0.05, 0) is 31.0 Å². The van der Waals surface area contributed by atoms with Crippen molar-refractivity contribution in [3.8, 4) is 0 Å². The minimum atomic E-state index is -4.47. The monoisotopic (exact) mass is 304 g/mol. The molecular weight excluding hydrogens is 285 g/mol. The molecule has 0 saturated heterocycles. The van der Waals surface area contributed by atoms with E-state index >= 15 is 0 Å². The third-order valence-corrected chi connectivity index (χ3v) is 3.31. The number of alkyl halides is 3. The van der Waals surface area contributed by atoms with Gasteiger partial charge in [0.1, 0.15) is 4.99 Å². The van der Waals surface area contributed by atoms with E-state index in [1.54, 1.807) is 6.07 Å². The largest absolute Gasteiger partial charge is 0.417 e. The summed E-state index contributed by atoms with van der Waals surface area (Å²) in [6.07, 6.45) is -1.73. The highest BCUT2D eigenvalue weighted by atomic mass is 32.1. The Labute approximate surface area is 122 Å². The second-order valence-corrected chi connectivity index (χ2v) is 5.10. The van der Waals surface area contributed by atoms with Gasteiger partial charge in [0.15, 0.2) is 0 Å². The SMILES string of the molecule is CCCC(CC)Nc1ccc(C(N)=S)c(C(F)(F)F)c1. The number of hydrogen-bond donors (Lipinski definition) is 2. The third-order valence-electron chi connectivity index (χ3n) is 3.09. The summed E-state index contributed by atoms with van der Waals surface area (Å²) in [5.74, 6) is 0. The highest BCUT2D eigenvalue weighted by Gasteiger charge is 2.34. The van der Waals surface area contributed by atoms with Crippen LogP contribution in [-0.4, -0.2) is 11.0 Å². The van der Waals surface area contributed by atoms with Crippen LogP contribution in [0.3, 0.4) is 0 Å². The van der Waals surface area contributed by atoms with Crippen LogP contribution in [0.5, 0.6) is 0 Å². The molecule has 3 N–H and O–H groups in total. The van der Waals surface area contributed by atoms with Crippen molar-refractivity contribution >= 4 is 22.9 Å². The van der Waals surface area contributed by atoms with Gasteiger partial charge in [0.2, 0.25) is 0 Å². The standard InChI is InChI=1S/C14H19F3N2S/c1-3-5-9(4-2)19-10-6-7-11(13(18)20)12(8-10)14(15,16)17/h6-9,19H,3-5H2,1-2H3,(H2,18,20). The van der Waals surface area contributed by atoms with Crippen molar-refractivity contribution in [3.05, 3.63) is 29.3 Å². The van der Waals surface area contributed by atoms with Gasteiger partial charge >= 0.3 is 6.18 Å². The molecule has 1 rings (SSSR count). The zero-order valence-electron chi connectivity index (χ0n) is 11.6. The molecule has 0 bridgehead atoms. The number of halogens is 3. The van der Waals surface area contributed by atoms with Crippen molar-refractivity contribution in [1.82, 2.24) is 0 Å². The fourth-order valence-corrected chi connectivity index (χ4v) is 2.22. The summed E-state index contributed by atoms with van der Waals surface area (Å²) in [7, 11) is 0. The molecular formula is C14H19F3N2S. The van der Waals surface area contributed by atoms with Crippen LogP contribution >= 0.6 is 12.2 Å². The number of thiocarbonyl (C=S) groups is 1. The van der Waals surface area contributed by atoms with Crippen LogP contribution in [0.2, 0.25) is 0 Å². The van der Waals surface area contributed by atoms with Crippen molar-refractivity contribution in [2.75, 3.05) is 5.32 Å². The molecule has 0 aromatic heterocycles. The molecule has 1 atom stereocenters. The predicted molar refractivity (Wildman–Crippen MR) is 79.9 cm³/mol. The van der Waals surface area contributed by atoms with Crippen LogP contribution in [0.25, 0.3) is 0 Å². The van der Waals surface area contributed by atoms with Crippen molar-refractivity contribution in [2.24, 2.45) is 5.73 Å². The molecule has 0 amide bonds. The molecule has 0 saturated carbocycles. The molecule has 0 aliphatic carbocycles. The zero-order valence-corrected chi connectivity index (χ0v) is 12.4. The number of nitrogens with two attached hydrogens (primary N) is 1. The lowest BCUT2D eigenvalue weighted by molar-refractivity contribution is -0.137. The van der Waals surface area contributed by atoms with E-state index in [-0.39, 0.29) is 16.6 Å². The first-order chi connectivity index (χ1) is 9.29. The van der Waals surface area contributed by atoms with Gasteiger partial charge in [-0.1, -0.05) is 32.5 Å². The maximum Gasteiger partial charge on any atom is 0.417 e. The van der Waals surface area contributed by atoms with Crippen molar-refractivity contribution in [2.45, 2.75) is 45.3 Å². The lowest BCUT2D eigenvalue weighted by atomic mass is 10.0. The quantitative estimate of drug-likeness (QED) is 0.768. The summed E-state index contributed by atoms with van der Waals surface area (Å²) in [4.78, 5) is -0.246. The van der Waals surface area contributed by atoms with Crippen LogP contribution < -0.4 is 11.1 Å². The molecule has 0 aliphatic rings. The summed E-state index contributed by atoms with van der Waals surface area (Å²) in [5.41, 5.74) is 4.86. The Bertz CT molecular complexity index is 472. The molecule has 1 aromatic carbocycles. The number of benzene rings is 1. The average molecular weight is 304 g/mol.